The maximum absolute atomic E-state index is 13.6. The van der Waals surface area contributed by atoms with Crippen molar-refractivity contribution in [2.45, 2.75) is 103 Å². The van der Waals surface area contributed by atoms with Crippen LogP contribution in [0.2, 0.25) is 0 Å². The summed E-state index contributed by atoms with van der Waals surface area (Å²) in [4.78, 5) is 107. The highest BCUT2D eigenvalue weighted by molar-refractivity contribution is 6.03. The quantitative estimate of drug-likeness (QED) is 0.0850. The third kappa shape index (κ3) is 21.2. The number of aromatic nitrogens is 8. The Bertz CT molecular complexity index is 5850. The number of nitrogens with one attached hydrogen (secondary N) is 2. The summed E-state index contributed by atoms with van der Waals surface area (Å²) in [7, 11) is 8.30. The van der Waals surface area contributed by atoms with Gasteiger partial charge in [0.25, 0.3) is 5.89 Å². The van der Waals surface area contributed by atoms with Crippen LogP contribution < -0.4 is 99.0 Å². The number of likely N-dealkylation sites (N-methyl/N-ethyl adjacent to an activating group) is 5. The number of nitrogens with two attached hydrogens (primary N) is 7. The van der Waals surface area contributed by atoms with Crippen molar-refractivity contribution < 1.29 is 92.7 Å². The Balaban J connectivity index is 0.000000135. The van der Waals surface area contributed by atoms with Gasteiger partial charge in [0.1, 0.15) is 121 Å². The first-order valence-electron chi connectivity index (χ1n) is 39.4. The number of benzene rings is 6. The van der Waals surface area contributed by atoms with E-state index in [2.05, 4.69) is 51.1 Å². The van der Waals surface area contributed by atoms with E-state index in [1.807, 2.05) is 61.5 Å². The van der Waals surface area contributed by atoms with Crippen molar-refractivity contribution >= 4 is 81.2 Å². The zero-order valence-electron chi connectivity index (χ0n) is 70.3. The first kappa shape index (κ1) is 91.9. The number of carbonyl (C=O) groups excluding carboxylic acids is 7. The van der Waals surface area contributed by atoms with Crippen LogP contribution in [0, 0.1) is 63.7 Å². The van der Waals surface area contributed by atoms with E-state index in [-0.39, 0.29) is 85.3 Å². The van der Waals surface area contributed by atoms with Gasteiger partial charge < -0.3 is 112 Å². The Morgan fingerprint density at radius 2 is 0.937 bits per heavy atom. The molecule has 0 spiro atoms. The lowest BCUT2D eigenvalue weighted by molar-refractivity contribution is -0.120. The first-order valence-corrected chi connectivity index (χ1v) is 39.4. The van der Waals surface area contributed by atoms with Crippen LogP contribution >= 0.6 is 0 Å². The van der Waals surface area contributed by atoms with E-state index >= 15 is 0 Å². The van der Waals surface area contributed by atoms with Crippen molar-refractivity contribution in [2.75, 3.05) is 103 Å². The Kier molecular flexibility index (Phi) is 28.7. The molecule has 7 aliphatic rings. The number of fused-ring (bicyclic) bond motifs is 7. The van der Waals surface area contributed by atoms with Gasteiger partial charge in [-0.2, -0.15) is 9.97 Å². The van der Waals surface area contributed by atoms with Crippen LogP contribution in [0.15, 0.2) is 135 Å². The number of ether oxygens (including phenoxy) is 5. The van der Waals surface area contributed by atoms with E-state index in [0.717, 1.165) is 57.5 Å². The number of nitrogens with zero attached hydrogens (tertiary/aromatic N) is 13. The minimum Gasteiger partial charge on any atom is -0.489 e. The fourth-order valence-corrected chi connectivity index (χ4v) is 13.4. The minimum atomic E-state index is -0.893. The summed E-state index contributed by atoms with van der Waals surface area (Å²) in [6.45, 7) is 8.96. The SMILES string of the molecule is CN1C(=O)[C@@H](N)CCc2ncc(F)cc21.CN1C(=O)[C@@H](N)COc2ccc(-c3ccccn3)cc21.Cc1c(F)cc2c(c1F)NC(=O)[C@@H](N)CO2.Cc1nc(-c2ccc3c(c2)N(C)C(=O)[C@@H](N)CO3)no1.Cc1nnc(-c2cc3c(cc2C)OC[C@H](N)C(=O)N3C)o1.Cc1noc(-c2ccc3c(c2)N(C)C(=O)[C@@H](N)CO3)n1.N[C@H]1CCc2cc(F)cc(F)c2NC1=O. The van der Waals surface area contributed by atoms with Crippen LogP contribution in [0.4, 0.5) is 61.8 Å². The number of anilines is 7. The molecule has 18 rings (SSSR count). The lowest BCUT2D eigenvalue weighted by Crippen LogP contribution is -2.43. The number of aryl methyl sites for hydroxylation is 6. The summed E-state index contributed by atoms with van der Waals surface area (Å²) in [6.07, 6.45) is 4.84. The highest BCUT2D eigenvalue weighted by Gasteiger charge is 2.35. The molecule has 12 heterocycles. The highest BCUT2D eigenvalue weighted by Crippen LogP contribution is 2.41. The molecule has 5 aromatic heterocycles. The van der Waals surface area contributed by atoms with E-state index in [1.165, 1.54) is 38.7 Å². The van der Waals surface area contributed by atoms with Gasteiger partial charge in [0.2, 0.25) is 64.8 Å². The summed E-state index contributed by atoms with van der Waals surface area (Å²) in [5.74, 6) is -0.0214. The van der Waals surface area contributed by atoms with Crippen LogP contribution in [0.3, 0.4) is 0 Å². The van der Waals surface area contributed by atoms with E-state index in [0.29, 0.717) is 118 Å². The molecule has 0 saturated carbocycles. The molecule has 11 aromatic rings. The molecule has 16 N–H and O–H groups in total. The number of rotatable bonds is 4. The van der Waals surface area contributed by atoms with E-state index in [9.17, 15) is 55.5 Å². The summed E-state index contributed by atoms with van der Waals surface area (Å²) >= 11 is 0. The predicted molar refractivity (Wildman–Crippen MR) is 454 cm³/mol. The molecule has 127 heavy (non-hydrogen) atoms. The smallest absolute Gasteiger partial charge is 0.257 e. The summed E-state index contributed by atoms with van der Waals surface area (Å²) in [5, 5.41) is 20.1. The van der Waals surface area contributed by atoms with E-state index in [1.54, 1.807) is 97.4 Å². The normalized spacial score (nSPS) is 19.1. The van der Waals surface area contributed by atoms with Crippen molar-refractivity contribution in [3.8, 4) is 74.3 Å². The topological polar surface area (TPSA) is 531 Å². The number of pyridine rings is 2. The predicted octanol–water partition coefficient (Wildman–Crippen LogP) is 6.49. The third-order valence-corrected chi connectivity index (χ3v) is 20.6. The molecule has 0 radical (unpaired) electrons. The number of carbonyl (C=O) groups is 7. The largest absolute Gasteiger partial charge is 0.489 e. The van der Waals surface area contributed by atoms with Crippen molar-refractivity contribution in [3.05, 3.63) is 191 Å². The van der Waals surface area contributed by atoms with Gasteiger partial charge >= 0.3 is 0 Å². The summed E-state index contributed by atoms with van der Waals surface area (Å²) in [6, 6.07) is 25.4. The maximum Gasteiger partial charge on any atom is 0.257 e. The maximum atomic E-state index is 13.6. The zero-order chi connectivity index (χ0) is 91.7. The standard InChI is InChI=1S/C15H15N3O2.C14H16N4O3.2C13H14N4O3.C10H10F2N2O2.C10H10F2N2O.C10H12FN3O/c1-18-13-8-10(12-4-2-3-7-17-12)5-6-14(13)20-9-11(16)15(18)19;1-7-4-12-11(18(3)14(19)10(15)6-20-12)5-9(7)13-17-16-8(2)21-13;1-7-15-12(16-20-7)8-3-4-11-10(5-8)17(2)13(18)9(14)6-19-11;1-7-15-12(20-16-7)8-3-4-11-10(5-8)17(2)13(18)9(14)6-19-11;1-4-5(11)2-7-9(8(4)12)14-10(15)6(13)3-16-7;11-6-3-5-1-2-8(13)10(15)14-9(5)7(12)4-6;1-14-9-4-6(11)5-13-8(9)3-2-7(12)10(14)15/h2-8,11H,9,16H2,1H3;4-5,10H,6,15H2,1-3H3;2*3-5,9H,6,14H2,1-2H3;2,6H,3,13H2,1H3,(H,14,15);3-4,8H,1-2,13H2,(H,14,15);4-5,7H,2-3,12H2,1H3/t11-;10-;2*9-;6-;8-;7-/m0000000/s1. The molecular formula is C85H91F5N22O15. The number of hydrogen-bond acceptors (Lipinski definition) is 30. The van der Waals surface area contributed by atoms with Gasteiger partial charge in [0.05, 0.1) is 63.8 Å². The molecule has 0 unspecified atom stereocenters. The molecule has 666 valence electrons. The van der Waals surface area contributed by atoms with Gasteiger partial charge in [0.15, 0.2) is 11.6 Å². The first-order chi connectivity index (χ1) is 60.4. The Labute approximate surface area is 722 Å². The van der Waals surface area contributed by atoms with Gasteiger partial charge in [-0.05, 0) is 143 Å². The molecule has 0 saturated heterocycles. The zero-order valence-corrected chi connectivity index (χ0v) is 70.3. The number of amides is 7. The van der Waals surface area contributed by atoms with Crippen molar-refractivity contribution in [3.63, 3.8) is 0 Å². The van der Waals surface area contributed by atoms with E-state index in [4.69, 9.17) is 77.3 Å². The lowest BCUT2D eigenvalue weighted by Gasteiger charge is -2.18. The van der Waals surface area contributed by atoms with Gasteiger partial charge in [-0.1, -0.05) is 16.4 Å². The van der Waals surface area contributed by atoms with Crippen molar-refractivity contribution in [1.82, 2.24) is 40.4 Å². The number of hydrogen-bond donors (Lipinski definition) is 9. The third-order valence-electron chi connectivity index (χ3n) is 20.6. The van der Waals surface area contributed by atoms with Crippen LogP contribution in [-0.2, 0) is 46.4 Å². The molecule has 7 amide bonds. The Hall–Kier alpha value is -14.3. The van der Waals surface area contributed by atoms with E-state index < -0.39 is 83.2 Å². The molecule has 7 atom stereocenters. The molecule has 0 bridgehead atoms. The Morgan fingerprint density at radius 3 is 1.49 bits per heavy atom. The summed E-state index contributed by atoms with van der Waals surface area (Å²) < 4.78 is 109. The van der Waals surface area contributed by atoms with Crippen LogP contribution in [0.25, 0.3) is 45.6 Å². The molecule has 37 nitrogen and oxygen atoms in total. The second kappa shape index (κ2) is 39.7. The van der Waals surface area contributed by atoms with Crippen LogP contribution in [0.1, 0.15) is 52.8 Å². The van der Waals surface area contributed by atoms with Gasteiger partial charge in [-0.25, -0.2) is 22.0 Å². The average Bonchev–Trinajstić information content (AvgIpc) is 1.68. The van der Waals surface area contributed by atoms with Gasteiger partial charge in [-0.15, -0.1) is 10.2 Å². The minimum absolute atomic E-state index is 0.0399. The molecule has 6 aromatic carbocycles. The molecule has 42 heteroatoms. The molecule has 0 fully saturated rings. The molecule has 7 aliphatic heterocycles. The van der Waals surface area contributed by atoms with Gasteiger partial charge in [-0.3, -0.25) is 43.5 Å². The van der Waals surface area contributed by atoms with Crippen molar-refractivity contribution in [1.29, 1.82) is 0 Å². The van der Waals surface area contributed by atoms with Gasteiger partial charge in [0, 0.05) is 101 Å². The molecular weight excluding hydrogens is 1660 g/mol. The summed E-state index contributed by atoms with van der Waals surface area (Å²) in [5.41, 5.74) is 48.7. The average molecular weight is 1760 g/mol. The second-order valence-electron chi connectivity index (χ2n) is 29.9. The lowest BCUT2D eigenvalue weighted by atomic mass is 10.1. The Morgan fingerprint density at radius 1 is 0.425 bits per heavy atom. The highest BCUT2D eigenvalue weighted by atomic mass is 19.1. The van der Waals surface area contributed by atoms with Crippen molar-refractivity contribution in [2.24, 2.45) is 40.1 Å². The van der Waals surface area contributed by atoms with Crippen LogP contribution in [0.5, 0.6) is 28.7 Å². The number of halogens is 5. The fourth-order valence-electron chi connectivity index (χ4n) is 13.4. The van der Waals surface area contributed by atoms with Crippen LogP contribution in [-0.4, -0.2) is 192 Å². The fraction of sp³-hybridized carbons (Fsp3) is 0.306. The second-order valence-corrected chi connectivity index (χ2v) is 29.9. The monoisotopic (exact) mass is 1750 g/mol. The molecule has 0 aliphatic carbocycles.